The average molecular weight is 222 g/mol. The Balaban J connectivity index is 1.88. The lowest BCUT2D eigenvalue weighted by atomic mass is 9.95. The van der Waals surface area contributed by atoms with Gasteiger partial charge in [0.2, 0.25) is 0 Å². The lowest BCUT2D eigenvalue weighted by Gasteiger charge is -2.32. The molecule has 0 aromatic carbocycles. The van der Waals surface area contributed by atoms with Gasteiger partial charge in [-0.15, -0.1) is 0 Å². The molecule has 0 aliphatic carbocycles. The number of aryl methyl sites for hydroxylation is 1. The van der Waals surface area contributed by atoms with E-state index in [1.54, 1.807) is 0 Å². The summed E-state index contributed by atoms with van der Waals surface area (Å²) in [4.78, 5) is 6.88. The number of nitrogens with zero attached hydrogens (tertiary/aromatic N) is 3. The normalized spacial score (nSPS) is 22.5. The monoisotopic (exact) mass is 222 g/mol. The zero-order valence-corrected chi connectivity index (χ0v) is 10.1. The van der Waals surface area contributed by atoms with E-state index >= 15 is 0 Å². The summed E-state index contributed by atoms with van der Waals surface area (Å²) >= 11 is 0. The number of piperidine rings is 1. The van der Waals surface area contributed by atoms with Crippen molar-refractivity contribution in [3.05, 3.63) is 18.2 Å². The zero-order valence-electron chi connectivity index (χ0n) is 10.1. The van der Waals surface area contributed by atoms with Gasteiger partial charge in [-0.2, -0.15) is 0 Å². The molecule has 0 amide bonds. The van der Waals surface area contributed by atoms with E-state index in [0.29, 0.717) is 0 Å². The van der Waals surface area contributed by atoms with E-state index in [2.05, 4.69) is 21.5 Å². The Morgan fingerprint density at radius 1 is 1.56 bits per heavy atom. The van der Waals surface area contributed by atoms with Crippen molar-refractivity contribution >= 4 is 0 Å². The minimum absolute atomic E-state index is 0.791. The number of imidazole rings is 1. The topological polar surface area (TPSA) is 47.1 Å². The molecule has 16 heavy (non-hydrogen) atoms. The van der Waals surface area contributed by atoms with E-state index in [1.807, 2.05) is 12.4 Å². The number of nitrogens with two attached hydrogens (primary N) is 1. The summed E-state index contributed by atoms with van der Waals surface area (Å²) in [6.45, 7) is 4.18. The molecular formula is C12H22N4. The molecule has 2 heterocycles. The summed E-state index contributed by atoms with van der Waals surface area (Å²) in [5.41, 5.74) is 5.63. The van der Waals surface area contributed by atoms with Crippen LogP contribution in [0.5, 0.6) is 0 Å². The Bertz CT molecular complexity index is 319. The van der Waals surface area contributed by atoms with Gasteiger partial charge in [0.1, 0.15) is 5.82 Å². The van der Waals surface area contributed by atoms with Crippen LogP contribution in [0.15, 0.2) is 12.4 Å². The maximum atomic E-state index is 5.63. The van der Waals surface area contributed by atoms with Crippen molar-refractivity contribution in [2.45, 2.75) is 25.8 Å². The number of rotatable bonds is 4. The molecule has 1 aromatic rings. The van der Waals surface area contributed by atoms with E-state index in [-0.39, 0.29) is 0 Å². The van der Waals surface area contributed by atoms with Gasteiger partial charge in [0.15, 0.2) is 0 Å². The summed E-state index contributed by atoms with van der Waals surface area (Å²) in [6, 6.07) is 0. The first-order valence-electron chi connectivity index (χ1n) is 6.18. The number of hydrogen-bond acceptors (Lipinski definition) is 3. The Hall–Kier alpha value is -0.870. The van der Waals surface area contributed by atoms with E-state index in [9.17, 15) is 0 Å². The second-order valence-corrected chi connectivity index (χ2v) is 4.78. The smallest absolute Gasteiger partial charge is 0.122 e. The second kappa shape index (κ2) is 5.46. The van der Waals surface area contributed by atoms with E-state index < -0.39 is 0 Å². The SMILES string of the molecule is Cn1ccnc1CN1CCCC(CCN)C1. The molecule has 1 aromatic heterocycles. The fraction of sp³-hybridized carbons (Fsp3) is 0.750. The standard InChI is InChI=1S/C12H22N4/c1-15-8-6-14-12(15)10-16-7-2-3-11(9-16)4-5-13/h6,8,11H,2-5,7,9-10,13H2,1H3. The van der Waals surface area contributed by atoms with Crippen molar-refractivity contribution in [1.82, 2.24) is 14.5 Å². The van der Waals surface area contributed by atoms with Crippen molar-refractivity contribution in [3.8, 4) is 0 Å². The van der Waals surface area contributed by atoms with Crippen molar-refractivity contribution in [1.29, 1.82) is 0 Å². The summed E-state index contributed by atoms with van der Waals surface area (Å²) < 4.78 is 2.10. The first-order chi connectivity index (χ1) is 7.79. The Morgan fingerprint density at radius 3 is 3.12 bits per heavy atom. The van der Waals surface area contributed by atoms with Gasteiger partial charge < -0.3 is 10.3 Å². The average Bonchev–Trinajstić information content (AvgIpc) is 2.66. The van der Waals surface area contributed by atoms with Crippen LogP contribution < -0.4 is 5.73 Å². The van der Waals surface area contributed by atoms with Crippen LogP contribution in [-0.2, 0) is 13.6 Å². The summed E-state index contributed by atoms with van der Waals surface area (Å²) in [6.07, 6.45) is 7.69. The predicted octanol–water partition coefficient (Wildman–Crippen LogP) is 0.981. The fourth-order valence-corrected chi connectivity index (χ4v) is 2.52. The summed E-state index contributed by atoms with van der Waals surface area (Å²) in [5.74, 6) is 1.95. The Labute approximate surface area is 97.4 Å². The van der Waals surface area contributed by atoms with Crippen LogP contribution in [0.3, 0.4) is 0 Å². The summed E-state index contributed by atoms with van der Waals surface area (Å²) in [7, 11) is 2.06. The molecule has 1 fully saturated rings. The molecule has 0 bridgehead atoms. The molecule has 1 saturated heterocycles. The van der Waals surface area contributed by atoms with Gasteiger partial charge in [-0.3, -0.25) is 4.90 Å². The number of likely N-dealkylation sites (tertiary alicyclic amines) is 1. The van der Waals surface area contributed by atoms with Gasteiger partial charge in [0.25, 0.3) is 0 Å². The molecule has 1 atom stereocenters. The quantitative estimate of drug-likeness (QED) is 0.826. The van der Waals surface area contributed by atoms with Crippen LogP contribution >= 0.6 is 0 Å². The van der Waals surface area contributed by atoms with Crippen molar-refractivity contribution in [2.75, 3.05) is 19.6 Å². The lowest BCUT2D eigenvalue weighted by molar-refractivity contribution is 0.158. The van der Waals surface area contributed by atoms with Gasteiger partial charge in [-0.05, 0) is 38.3 Å². The third kappa shape index (κ3) is 2.83. The van der Waals surface area contributed by atoms with Crippen LogP contribution in [0.2, 0.25) is 0 Å². The van der Waals surface area contributed by atoms with Crippen LogP contribution in [0.1, 0.15) is 25.1 Å². The molecule has 1 aliphatic rings. The molecule has 1 aliphatic heterocycles. The molecule has 0 radical (unpaired) electrons. The van der Waals surface area contributed by atoms with Gasteiger partial charge in [-0.25, -0.2) is 4.98 Å². The minimum Gasteiger partial charge on any atom is -0.337 e. The number of aromatic nitrogens is 2. The second-order valence-electron chi connectivity index (χ2n) is 4.78. The predicted molar refractivity (Wildman–Crippen MR) is 64.9 cm³/mol. The Morgan fingerprint density at radius 2 is 2.44 bits per heavy atom. The lowest BCUT2D eigenvalue weighted by Crippen LogP contribution is -2.36. The third-order valence-electron chi connectivity index (χ3n) is 3.46. The van der Waals surface area contributed by atoms with Crippen LogP contribution in [-0.4, -0.2) is 34.1 Å². The molecule has 2 rings (SSSR count). The molecule has 0 spiro atoms. The summed E-state index contributed by atoms with van der Waals surface area (Å²) in [5, 5.41) is 0. The maximum Gasteiger partial charge on any atom is 0.122 e. The largest absolute Gasteiger partial charge is 0.337 e. The molecule has 4 nitrogen and oxygen atoms in total. The highest BCUT2D eigenvalue weighted by molar-refractivity contribution is 4.91. The molecule has 0 saturated carbocycles. The Kier molecular flexibility index (Phi) is 3.96. The van der Waals surface area contributed by atoms with Gasteiger partial charge >= 0.3 is 0 Å². The molecule has 1 unspecified atom stereocenters. The first-order valence-corrected chi connectivity index (χ1v) is 6.18. The van der Waals surface area contributed by atoms with Gasteiger partial charge in [0.05, 0.1) is 6.54 Å². The third-order valence-corrected chi connectivity index (χ3v) is 3.46. The van der Waals surface area contributed by atoms with Gasteiger partial charge in [0, 0.05) is 26.0 Å². The highest BCUT2D eigenvalue weighted by Gasteiger charge is 2.20. The van der Waals surface area contributed by atoms with E-state index in [4.69, 9.17) is 5.73 Å². The molecule has 4 heteroatoms. The number of hydrogen-bond donors (Lipinski definition) is 1. The highest BCUT2D eigenvalue weighted by Crippen LogP contribution is 2.20. The highest BCUT2D eigenvalue weighted by atomic mass is 15.2. The minimum atomic E-state index is 0.791. The van der Waals surface area contributed by atoms with Crippen LogP contribution in [0.4, 0.5) is 0 Å². The molecule has 2 N–H and O–H groups in total. The van der Waals surface area contributed by atoms with Crippen molar-refractivity contribution < 1.29 is 0 Å². The van der Waals surface area contributed by atoms with Crippen molar-refractivity contribution in [3.63, 3.8) is 0 Å². The molecule has 90 valence electrons. The first kappa shape index (κ1) is 11.6. The van der Waals surface area contributed by atoms with Crippen LogP contribution in [0.25, 0.3) is 0 Å². The fourth-order valence-electron chi connectivity index (χ4n) is 2.52. The van der Waals surface area contributed by atoms with E-state index in [1.165, 1.54) is 25.9 Å². The van der Waals surface area contributed by atoms with Crippen LogP contribution in [0, 0.1) is 5.92 Å². The molecular weight excluding hydrogens is 200 g/mol. The van der Waals surface area contributed by atoms with E-state index in [0.717, 1.165) is 31.3 Å². The van der Waals surface area contributed by atoms with Crippen molar-refractivity contribution in [2.24, 2.45) is 18.7 Å². The van der Waals surface area contributed by atoms with Gasteiger partial charge in [-0.1, -0.05) is 0 Å². The zero-order chi connectivity index (χ0) is 11.4. The maximum absolute atomic E-state index is 5.63.